The van der Waals surface area contributed by atoms with Crippen molar-refractivity contribution in [1.29, 1.82) is 0 Å². The fraction of sp³-hybridized carbons (Fsp3) is 0.429. The van der Waals surface area contributed by atoms with Crippen LogP contribution < -0.4 is 0 Å². The minimum absolute atomic E-state index is 0.157. The van der Waals surface area contributed by atoms with Crippen LogP contribution in [0.15, 0.2) is 30.3 Å². The maximum Gasteiger partial charge on any atom is 0.226 e. The van der Waals surface area contributed by atoms with E-state index in [1.807, 2.05) is 11.0 Å². The van der Waals surface area contributed by atoms with Crippen molar-refractivity contribution in [1.82, 2.24) is 9.80 Å². The zero-order valence-electron chi connectivity index (χ0n) is 10.3. The number of hydrogen-bond donors (Lipinski definition) is 0. The predicted octanol–water partition coefficient (Wildman–Crippen LogP) is 1.55. The third kappa shape index (κ3) is 3.30. The molecule has 0 N–H and O–H groups in total. The summed E-state index contributed by atoms with van der Waals surface area (Å²) >= 11 is 0. The van der Waals surface area contributed by atoms with Crippen LogP contribution in [0.1, 0.15) is 12.5 Å². The summed E-state index contributed by atoms with van der Waals surface area (Å²) in [6.45, 7) is 6.41. The van der Waals surface area contributed by atoms with Gasteiger partial charge in [-0.25, -0.2) is 0 Å². The molecule has 1 aliphatic rings. The predicted molar refractivity (Wildman–Crippen MR) is 68.3 cm³/mol. The average molecular weight is 231 g/mol. The zero-order chi connectivity index (χ0) is 12.1. The summed E-state index contributed by atoms with van der Waals surface area (Å²) < 4.78 is 0. The third-order valence-corrected chi connectivity index (χ3v) is 3.18. The van der Waals surface area contributed by atoms with E-state index in [4.69, 9.17) is 0 Å². The quantitative estimate of drug-likeness (QED) is 0.788. The average Bonchev–Trinajstić information content (AvgIpc) is 2.40. The number of nitrogens with zero attached hydrogens (tertiary/aromatic N) is 2. The normalized spacial score (nSPS) is 17.1. The Morgan fingerprint density at radius 1 is 1.18 bits per heavy atom. The summed E-state index contributed by atoms with van der Waals surface area (Å²) in [5.41, 5.74) is 1.34. The van der Waals surface area contributed by atoms with Crippen molar-refractivity contribution in [2.45, 2.75) is 13.5 Å². The minimum atomic E-state index is 0.157. The highest BCUT2D eigenvalue weighted by atomic mass is 16.2. The Hall–Kier alpha value is -1.35. The molecule has 0 aromatic heterocycles. The van der Waals surface area contributed by atoms with Gasteiger partial charge in [0, 0.05) is 39.1 Å². The van der Waals surface area contributed by atoms with Crippen molar-refractivity contribution in [2.75, 3.05) is 26.2 Å². The van der Waals surface area contributed by atoms with Gasteiger partial charge in [-0.2, -0.15) is 0 Å². The van der Waals surface area contributed by atoms with E-state index in [1.54, 1.807) is 13.3 Å². The molecule has 2 rings (SSSR count). The van der Waals surface area contributed by atoms with Crippen molar-refractivity contribution < 1.29 is 4.79 Å². The zero-order valence-corrected chi connectivity index (χ0v) is 10.3. The maximum absolute atomic E-state index is 11.5. The first-order valence-electron chi connectivity index (χ1n) is 6.14. The number of carbonyl (C=O) groups is 1. The second kappa shape index (κ2) is 5.82. The summed E-state index contributed by atoms with van der Waals surface area (Å²) in [7, 11) is 0. The second-order valence-electron chi connectivity index (χ2n) is 4.38. The molecule has 0 unspecified atom stereocenters. The van der Waals surface area contributed by atoms with E-state index in [-0.39, 0.29) is 5.91 Å². The number of benzene rings is 1. The van der Waals surface area contributed by atoms with Gasteiger partial charge in [-0.1, -0.05) is 37.3 Å². The van der Waals surface area contributed by atoms with Gasteiger partial charge in [-0.15, -0.1) is 0 Å². The van der Waals surface area contributed by atoms with Crippen LogP contribution >= 0.6 is 0 Å². The largest absolute Gasteiger partial charge is 0.340 e. The van der Waals surface area contributed by atoms with Crippen molar-refractivity contribution in [3.8, 4) is 0 Å². The smallest absolute Gasteiger partial charge is 0.226 e. The molecule has 0 bridgehead atoms. The summed E-state index contributed by atoms with van der Waals surface area (Å²) in [5.74, 6) is 0.157. The molecule has 1 aliphatic heterocycles. The van der Waals surface area contributed by atoms with E-state index in [9.17, 15) is 4.79 Å². The van der Waals surface area contributed by atoms with Crippen molar-refractivity contribution in [2.24, 2.45) is 0 Å². The lowest BCUT2D eigenvalue weighted by molar-refractivity contribution is -0.129. The number of rotatable bonds is 3. The molecule has 0 spiro atoms. The van der Waals surface area contributed by atoms with Crippen LogP contribution in [0.2, 0.25) is 0 Å². The summed E-state index contributed by atoms with van der Waals surface area (Å²) in [6, 6.07) is 10.5. The van der Waals surface area contributed by atoms with Gasteiger partial charge < -0.3 is 4.90 Å². The molecule has 3 heteroatoms. The van der Waals surface area contributed by atoms with Crippen LogP contribution in [0.5, 0.6) is 0 Å². The van der Waals surface area contributed by atoms with Crippen LogP contribution in [-0.4, -0.2) is 41.9 Å². The van der Waals surface area contributed by atoms with Gasteiger partial charge >= 0.3 is 0 Å². The molecule has 3 nitrogen and oxygen atoms in total. The van der Waals surface area contributed by atoms with Crippen LogP contribution in [0.3, 0.4) is 0 Å². The molecule has 0 saturated carbocycles. The highest BCUT2D eigenvalue weighted by molar-refractivity contribution is 5.84. The SMILES string of the molecule is C[CH]C(=O)N1CCN(Cc2ccccc2)CC1. The van der Waals surface area contributed by atoms with Crippen LogP contribution in [0, 0.1) is 6.42 Å². The Morgan fingerprint density at radius 2 is 1.82 bits per heavy atom. The minimum Gasteiger partial charge on any atom is -0.340 e. The van der Waals surface area contributed by atoms with Gasteiger partial charge in [0.2, 0.25) is 5.91 Å². The van der Waals surface area contributed by atoms with E-state index in [0.717, 1.165) is 32.7 Å². The lowest BCUT2D eigenvalue weighted by Gasteiger charge is -2.34. The van der Waals surface area contributed by atoms with Crippen molar-refractivity contribution >= 4 is 5.91 Å². The first-order valence-corrected chi connectivity index (χ1v) is 6.14. The molecule has 0 aliphatic carbocycles. The molecular formula is C14H19N2O. The Labute approximate surface area is 103 Å². The monoisotopic (exact) mass is 231 g/mol. The van der Waals surface area contributed by atoms with Gasteiger partial charge in [0.05, 0.1) is 0 Å². The standard InChI is InChI=1S/C14H19N2O/c1-2-14(17)16-10-8-15(9-11-16)12-13-6-4-3-5-7-13/h2-7H,8-12H2,1H3. The maximum atomic E-state index is 11.5. The lowest BCUT2D eigenvalue weighted by Crippen LogP contribution is -2.48. The molecule has 1 radical (unpaired) electrons. The molecule has 1 aromatic carbocycles. The topological polar surface area (TPSA) is 23.6 Å². The third-order valence-electron chi connectivity index (χ3n) is 3.18. The molecule has 91 valence electrons. The molecule has 1 amide bonds. The van der Waals surface area contributed by atoms with Crippen molar-refractivity contribution in [3.63, 3.8) is 0 Å². The molecular weight excluding hydrogens is 212 g/mol. The first kappa shape index (κ1) is 12.1. The lowest BCUT2D eigenvalue weighted by atomic mass is 10.2. The molecule has 1 aromatic rings. The fourth-order valence-electron chi connectivity index (χ4n) is 2.15. The number of hydrogen-bond acceptors (Lipinski definition) is 2. The van der Waals surface area contributed by atoms with E-state index in [1.165, 1.54) is 5.56 Å². The number of carbonyl (C=O) groups excluding carboxylic acids is 1. The molecule has 17 heavy (non-hydrogen) atoms. The van der Waals surface area contributed by atoms with E-state index in [0.29, 0.717) is 0 Å². The number of amides is 1. The summed E-state index contributed by atoms with van der Waals surface area (Å²) in [6.07, 6.45) is 1.65. The first-order chi connectivity index (χ1) is 8.29. The van der Waals surface area contributed by atoms with E-state index < -0.39 is 0 Å². The second-order valence-corrected chi connectivity index (χ2v) is 4.38. The van der Waals surface area contributed by atoms with E-state index in [2.05, 4.69) is 29.2 Å². The molecule has 1 heterocycles. The van der Waals surface area contributed by atoms with Gasteiger partial charge in [0.25, 0.3) is 0 Å². The van der Waals surface area contributed by atoms with Gasteiger partial charge in [0.1, 0.15) is 0 Å². The van der Waals surface area contributed by atoms with Crippen LogP contribution in [0.25, 0.3) is 0 Å². The highest BCUT2D eigenvalue weighted by Gasteiger charge is 2.19. The Balaban J connectivity index is 1.82. The number of piperazine rings is 1. The van der Waals surface area contributed by atoms with Gasteiger partial charge in [0.15, 0.2) is 0 Å². The summed E-state index contributed by atoms with van der Waals surface area (Å²) in [5, 5.41) is 0. The van der Waals surface area contributed by atoms with Gasteiger partial charge in [-0.05, 0) is 5.56 Å². The Morgan fingerprint density at radius 3 is 2.41 bits per heavy atom. The van der Waals surface area contributed by atoms with Crippen LogP contribution in [-0.2, 0) is 11.3 Å². The molecule has 0 atom stereocenters. The Kier molecular flexibility index (Phi) is 4.15. The molecule has 1 saturated heterocycles. The van der Waals surface area contributed by atoms with Crippen molar-refractivity contribution in [3.05, 3.63) is 42.3 Å². The van der Waals surface area contributed by atoms with E-state index >= 15 is 0 Å². The Bertz CT molecular complexity index is 356. The molecule has 1 fully saturated rings. The van der Waals surface area contributed by atoms with Crippen LogP contribution in [0.4, 0.5) is 0 Å². The van der Waals surface area contributed by atoms with Gasteiger partial charge in [-0.3, -0.25) is 9.69 Å². The fourth-order valence-corrected chi connectivity index (χ4v) is 2.15. The highest BCUT2D eigenvalue weighted by Crippen LogP contribution is 2.08. The summed E-state index contributed by atoms with van der Waals surface area (Å²) in [4.78, 5) is 15.8.